The summed E-state index contributed by atoms with van der Waals surface area (Å²) in [6.45, 7) is 0.494. The highest BCUT2D eigenvalue weighted by molar-refractivity contribution is 7.92. The standard InChI is InChI=1S/C19H18N6O6S/c20-18-22-16(23-19(21)24-18)10-31-17(26)11-1-3-12(4-2-11)25-32(27,28)13-5-6-14-15(9-13)30-8-7-29-14/h1-6,9,25H,7-8,10H2,(H4,20,21,22,23,24). The smallest absolute Gasteiger partial charge is 0.338 e. The minimum atomic E-state index is -3.88. The zero-order valence-electron chi connectivity index (χ0n) is 16.5. The first kappa shape index (κ1) is 21.1. The summed E-state index contributed by atoms with van der Waals surface area (Å²) in [6.07, 6.45) is 0. The van der Waals surface area contributed by atoms with Crippen molar-refractivity contribution >= 4 is 33.6 Å². The SMILES string of the molecule is Nc1nc(N)nc(COC(=O)c2ccc(NS(=O)(=O)c3ccc4c(c3)OCCO4)cc2)n1. The van der Waals surface area contributed by atoms with Crippen molar-refractivity contribution in [3.05, 3.63) is 53.9 Å². The van der Waals surface area contributed by atoms with E-state index in [4.69, 9.17) is 25.7 Å². The van der Waals surface area contributed by atoms with Gasteiger partial charge in [0.25, 0.3) is 10.0 Å². The molecule has 0 saturated heterocycles. The van der Waals surface area contributed by atoms with E-state index in [1.54, 1.807) is 0 Å². The molecule has 13 heteroatoms. The molecule has 12 nitrogen and oxygen atoms in total. The molecule has 3 aromatic rings. The summed E-state index contributed by atoms with van der Waals surface area (Å²) < 4.78 is 43.8. The predicted molar refractivity (Wildman–Crippen MR) is 112 cm³/mol. The number of hydrogen-bond donors (Lipinski definition) is 3. The Hall–Kier alpha value is -4.13. The first-order chi connectivity index (χ1) is 15.3. The van der Waals surface area contributed by atoms with Gasteiger partial charge in [-0.1, -0.05) is 0 Å². The highest BCUT2D eigenvalue weighted by Crippen LogP contribution is 2.32. The Bertz CT molecular complexity index is 1250. The van der Waals surface area contributed by atoms with Crippen LogP contribution in [0.5, 0.6) is 11.5 Å². The van der Waals surface area contributed by atoms with E-state index in [-0.39, 0.29) is 40.5 Å². The van der Waals surface area contributed by atoms with Gasteiger partial charge in [0, 0.05) is 11.8 Å². The number of ether oxygens (including phenoxy) is 3. The number of carbonyl (C=O) groups is 1. The Morgan fingerprint density at radius 1 is 0.969 bits per heavy atom. The Kier molecular flexibility index (Phi) is 5.64. The summed E-state index contributed by atoms with van der Waals surface area (Å²) in [7, 11) is -3.88. The van der Waals surface area contributed by atoms with Crippen LogP contribution in [0.1, 0.15) is 16.2 Å². The number of nitrogen functional groups attached to an aromatic ring is 2. The minimum absolute atomic E-state index is 0.0149. The van der Waals surface area contributed by atoms with Gasteiger partial charge in [-0.25, -0.2) is 13.2 Å². The summed E-state index contributed by atoms with van der Waals surface area (Å²) in [6, 6.07) is 10.1. The number of fused-ring (bicyclic) bond motifs is 1. The maximum absolute atomic E-state index is 12.7. The molecule has 0 atom stereocenters. The van der Waals surface area contributed by atoms with Crippen molar-refractivity contribution in [2.75, 3.05) is 29.4 Å². The Labute approximate surface area is 182 Å². The molecule has 0 spiro atoms. The average Bonchev–Trinajstić information content (AvgIpc) is 2.77. The highest BCUT2D eigenvalue weighted by atomic mass is 32.2. The largest absolute Gasteiger partial charge is 0.486 e. The molecule has 0 fully saturated rings. The predicted octanol–water partition coefficient (Wildman–Crippen LogP) is 0.965. The second-order valence-corrected chi connectivity index (χ2v) is 8.21. The Morgan fingerprint density at radius 2 is 1.62 bits per heavy atom. The van der Waals surface area contributed by atoms with Gasteiger partial charge >= 0.3 is 5.97 Å². The van der Waals surface area contributed by atoms with E-state index in [1.807, 2.05) is 0 Å². The first-order valence-electron chi connectivity index (χ1n) is 9.26. The van der Waals surface area contributed by atoms with Crippen LogP contribution in [0.2, 0.25) is 0 Å². The molecule has 0 unspecified atom stereocenters. The fraction of sp³-hybridized carbons (Fsp3) is 0.158. The van der Waals surface area contributed by atoms with Crippen LogP contribution in [0.15, 0.2) is 47.4 Å². The third-order valence-electron chi connectivity index (χ3n) is 4.25. The molecule has 0 amide bonds. The van der Waals surface area contributed by atoms with Crippen LogP contribution in [0.4, 0.5) is 17.6 Å². The zero-order valence-corrected chi connectivity index (χ0v) is 17.3. The second-order valence-electron chi connectivity index (χ2n) is 6.53. The number of nitrogens with one attached hydrogen (secondary N) is 1. The number of nitrogens with zero attached hydrogens (tertiary/aromatic N) is 3. The van der Waals surface area contributed by atoms with Gasteiger partial charge in [0.1, 0.15) is 13.2 Å². The Balaban J connectivity index is 1.41. The summed E-state index contributed by atoms with van der Waals surface area (Å²) >= 11 is 0. The summed E-state index contributed by atoms with van der Waals surface area (Å²) in [4.78, 5) is 23.5. The van der Waals surface area contributed by atoms with Crippen LogP contribution >= 0.6 is 0 Å². The van der Waals surface area contributed by atoms with Crippen molar-refractivity contribution in [1.82, 2.24) is 15.0 Å². The van der Waals surface area contributed by atoms with Gasteiger partial charge in [-0.05, 0) is 36.4 Å². The van der Waals surface area contributed by atoms with E-state index < -0.39 is 16.0 Å². The molecule has 0 saturated carbocycles. The molecule has 1 aromatic heterocycles. The number of aromatic nitrogens is 3. The van der Waals surface area contributed by atoms with Crippen LogP contribution < -0.4 is 25.7 Å². The summed E-state index contributed by atoms with van der Waals surface area (Å²) in [5.41, 5.74) is 11.4. The number of hydrogen-bond acceptors (Lipinski definition) is 11. The summed E-state index contributed by atoms with van der Waals surface area (Å²) in [5, 5.41) is 0. The first-order valence-corrected chi connectivity index (χ1v) is 10.7. The molecule has 1 aliphatic heterocycles. The van der Waals surface area contributed by atoms with E-state index in [9.17, 15) is 13.2 Å². The molecule has 0 bridgehead atoms. The van der Waals surface area contributed by atoms with Crippen LogP contribution in [0, 0.1) is 0 Å². The van der Waals surface area contributed by atoms with Gasteiger partial charge < -0.3 is 25.7 Å². The van der Waals surface area contributed by atoms with Crippen molar-refractivity contribution in [3.8, 4) is 11.5 Å². The van der Waals surface area contributed by atoms with Crippen molar-refractivity contribution in [2.24, 2.45) is 0 Å². The number of carbonyl (C=O) groups excluding carboxylic acids is 1. The molecule has 2 heterocycles. The van der Waals surface area contributed by atoms with E-state index >= 15 is 0 Å². The fourth-order valence-electron chi connectivity index (χ4n) is 2.81. The third kappa shape index (κ3) is 4.78. The van der Waals surface area contributed by atoms with Crippen molar-refractivity contribution in [3.63, 3.8) is 0 Å². The molecule has 5 N–H and O–H groups in total. The molecule has 0 aliphatic carbocycles. The molecular formula is C19H18N6O6S. The number of anilines is 3. The molecule has 4 rings (SSSR count). The van der Waals surface area contributed by atoms with E-state index in [0.717, 1.165) is 0 Å². The molecule has 1 aliphatic rings. The van der Waals surface area contributed by atoms with Gasteiger partial charge in [-0.3, -0.25) is 4.72 Å². The lowest BCUT2D eigenvalue weighted by Gasteiger charge is -2.19. The number of rotatable bonds is 6. The quantitative estimate of drug-likeness (QED) is 0.447. The maximum atomic E-state index is 12.7. The normalized spacial score (nSPS) is 12.8. The van der Waals surface area contributed by atoms with E-state index in [2.05, 4.69) is 19.7 Å². The average molecular weight is 458 g/mol. The van der Waals surface area contributed by atoms with Crippen molar-refractivity contribution < 1.29 is 27.4 Å². The van der Waals surface area contributed by atoms with Gasteiger partial charge in [0.2, 0.25) is 11.9 Å². The lowest BCUT2D eigenvalue weighted by atomic mass is 10.2. The lowest BCUT2D eigenvalue weighted by molar-refractivity contribution is 0.0462. The minimum Gasteiger partial charge on any atom is -0.486 e. The molecular weight excluding hydrogens is 440 g/mol. The zero-order chi connectivity index (χ0) is 22.7. The Morgan fingerprint density at radius 3 is 2.31 bits per heavy atom. The maximum Gasteiger partial charge on any atom is 0.338 e. The van der Waals surface area contributed by atoms with E-state index in [0.29, 0.717) is 24.7 Å². The lowest BCUT2D eigenvalue weighted by Crippen LogP contribution is -2.17. The van der Waals surface area contributed by atoms with Crippen molar-refractivity contribution in [1.29, 1.82) is 0 Å². The number of benzene rings is 2. The monoisotopic (exact) mass is 458 g/mol. The van der Waals surface area contributed by atoms with Gasteiger partial charge in [0.15, 0.2) is 23.9 Å². The van der Waals surface area contributed by atoms with Crippen molar-refractivity contribution in [2.45, 2.75) is 11.5 Å². The van der Waals surface area contributed by atoms with Gasteiger partial charge in [-0.2, -0.15) is 15.0 Å². The highest BCUT2D eigenvalue weighted by Gasteiger charge is 2.20. The number of esters is 1. The van der Waals surface area contributed by atoms with Crippen LogP contribution in [0.3, 0.4) is 0 Å². The summed E-state index contributed by atoms with van der Waals surface area (Å²) in [5.74, 6) is 0.117. The molecule has 32 heavy (non-hydrogen) atoms. The van der Waals surface area contributed by atoms with Crippen LogP contribution in [-0.4, -0.2) is 42.6 Å². The van der Waals surface area contributed by atoms with Gasteiger partial charge in [-0.15, -0.1) is 0 Å². The fourth-order valence-corrected chi connectivity index (χ4v) is 3.89. The topological polar surface area (TPSA) is 182 Å². The van der Waals surface area contributed by atoms with Gasteiger partial charge in [0.05, 0.1) is 10.5 Å². The van der Waals surface area contributed by atoms with E-state index in [1.165, 1.54) is 42.5 Å². The second kappa shape index (κ2) is 8.55. The molecule has 0 radical (unpaired) electrons. The third-order valence-corrected chi connectivity index (χ3v) is 5.62. The number of nitrogens with two attached hydrogens (primary N) is 2. The van der Waals surface area contributed by atoms with Crippen LogP contribution in [0.25, 0.3) is 0 Å². The number of sulfonamides is 1. The molecule has 166 valence electrons. The van der Waals surface area contributed by atoms with Crippen LogP contribution in [-0.2, 0) is 21.4 Å². The molecule has 2 aromatic carbocycles.